The first-order valence-corrected chi connectivity index (χ1v) is 9.54. The van der Waals surface area contributed by atoms with Gasteiger partial charge in [-0.3, -0.25) is 4.79 Å². The molecule has 2 aromatic rings. The SMILES string of the molecule is Cc1ccc(CN(C(=O)c2[nH]c(C)c(C(=O)OC(C)C)c2C)C2CC2)cc1. The van der Waals surface area contributed by atoms with Gasteiger partial charge in [0.25, 0.3) is 5.91 Å². The van der Waals surface area contributed by atoms with Gasteiger partial charge in [-0.05, 0) is 58.6 Å². The van der Waals surface area contributed by atoms with E-state index in [-0.39, 0.29) is 24.0 Å². The van der Waals surface area contributed by atoms with Crippen molar-refractivity contribution < 1.29 is 14.3 Å². The highest BCUT2D eigenvalue weighted by molar-refractivity contribution is 6.00. The molecule has 0 saturated heterocycles. The Morgan fingerprint density at radius 1 is 1.15 bits per heavy atom. The van der Waals surface area contributed by atoms with Crippen LogP contribution < -0.4 is 0 Å². The Hall–Kier alpha value is -2.56. The van der Waals surface area contributed by atoms with E-state index in [1.807, 2.05) is 32.6 Å². The van der Waals surface area contributed by atoms with Crippen molar-refractivity contribution in [2.45, 2.75) is 66.2 Å². The molecule has 0 radical (unpaired) electrons. The van der Waals surface area contributed by atoms with E-state index in [2.05, 4.69) is 36.2 Å². The van der Waals surface area contributed by atoms with E-state index in [1.54, 1.807) is 0 Å². The molecule has 1 aromatic heterocycles. The average Bonchev–Trinajstić information content (AvgIpc) is 3.38. The Balaban J connectivity index is 1.86. The number of nitrogens with zero attached hydrogens (tertiary/aromatic N) is 1. The molecule has 0 aliphatic heterocycles. The van der Waals surface area contributed by atoms with Gasteiger partial charge in [-0.1, -0.05) is 29.8 Å². The number of ether oxygens (including phenoxy) is 1. The predicted molar refractivity (Wildman–Crippen MR) is 105 cm³/mol. The van der Waals surface area contributed by atoms with Crippen LogP contribution in [0.15, 0.2) is 24.3 Å². The van der Waals surface area contributed by atoms with Gasteiger partial charge in [0.15, 0.2) is 0 Å². The Labute approximate surface area is 160 Å². The normalized spacial score (nSPS) is 13.7. The fraction of sp³-hybridized carbons (Fsp3) is 0.455. The molecule has 1 amide bonds. The molecule has 1 saturated carbocycles. The van der Waals surface area contributed by atoms with E-state index in [1.165, 1.54) is 5.56 Å². The highest BCUT2D eigenvalue weighted by Crippen LogP contribution is 2.31. The molecule has 1 aliphatic carbocycles. The number of carbonyl (C=O) groups is 2. The van der Waals surface area contributed by atoms with Gasteiger partial charge in [0, 0.05) is 18.3 Å². The standard InChI is InChI=1S/C22H28N2O3/c1-13(2)27-22(26)19-15(4)20(23-16(19)5)21(25)24(18-10-11-18)12-17-8-6-14(3)7-9-17/h6-9,13,18,23H,10-12H2,1-5H3. The van der Waals surface area contributed by atoms with E-state index in [4.69, 9.17) is 4.74 Å². The minimum absolute atomic E-state index is 0.0535. The lowest BCUT2D eigenvalue weighted by Crippen LogP contribution is -2.33. The van der Waals surface area contributed by atoms with Crippen molar-refractivity contribution in [1.82, 2.24) is 9.88 Å². The molecular formula is C22H28N2O3. The maximum Gasteiger partial charge on any atom is 0.340 e. The maximum atomic E-state index is 13.3. The Bertz CT molecular complexity index is 845. The summed E-state index contributed by atoms with van der Waals surface area (Å²) >= 11 is 0. The molecule has 27 heavy (non-hydrogen) atoms. The number of amides is 1. The molecule has 5 heteroatoms. The molecule has 3 rings (SSSR count). The Morgan fingerprint density at radius 3 is 2.33 bits per heavy atom. The topological polar surface area (TPSA) is 62.4 Å². The van der Waals surface area contributed by atoms with Gasteiger partial charge in [0.1, 0.15) is 5.69 Å². The second kappa shape index (κ2) is 7.59. The van der Waals surface area contributed by atoms with Crippen molar-refractivity contribution in [3.05, 3.63) is 57.9 Å². The van der Waals surface area contributed by atoms with Crippen LogP contribution in [-0.2, 0) is 11.3 Å². The lowest BCUT2D eigenvalue weighted by Gasteiger charge is -2.22. The predicted octanol–water partition coefficient (Wildman–Crippen LogP) is 4.31. The van der Waals surface area contributed by atoms with Gasteiger partial charge in [-0.15, -0.1) is 0 Å². The van der Waals surface area contributed by atoms with E-state index in [0.29, 0.717) is 29.1 Å². The molecule has 1 fully saturated rings. The largest absolute Gasteiger partial charge is 0.459 e. The lowest BCUT2D eigenvalue weighted by atomic mass is 10.1. The third kappa shape index (κ3) is 4.24. The Morgan fingerprint density at radius 2 is 1.78 bits per heavy atom. The second-order valence-electron chi connectivity index (χ2n) is 7.73. The number of rotatable bonds is 6. The van der Waals surface area contributed by atoms with Gasteiger partial charge in [0.2, 0.25) is 0 Å². The summed E-state index contributed by atoms with van der Waals surface area (Å²) in [5.74, 6) is -0.436. The zero-order valence-corrected chi connectivity index (χ0v) is 16.8. The number of carbonyl (C=O) groups excluding carboxylic acids is 2. The third-order valence-corrected chi connectivity index (χ3v) is 4.92. The van der Waals surface area contributed by atoms with Crippen molar-refractivity contribution in [2.24, 2.45) is 0 Å². The number of hydrogen-bond donors (Lipinski definition) is 1. The van der Waals surface area contributed by atoms with Crippen LogP contribution in [0.25, 0.3) is 0 Å². The zero-order valence-electron chi connectivity index (χ0n) is 16.8. The van der Waals surface area contributed by atoms with Gasteiger partial charge in [-0.2, -0.15) is 0 Å². The van der Waals surface area contributed by atoms with Gasteiger partial charge >= 0.3 is 5.97 Å². The number of aromatic amines is 1. The molecule has 0 atom stereocenters. The quantitative estimate of drug-likeness (QED) is 0.773. The molecule has 0 spiro atoms. The summed E-state index contributed by atoms with van der Waals surface area (Å²) in [7, 11) is 0. The van der Waals surface area contributed by atoms with Gasteiger partial charge < -0.3 is 14.6 Å². The number of nitrogens with one attached hydrogen (secondary N) is 1. The number of aromatic nitrogens is 1. The number of benzene rings is 1. The van der Waals surface area contributed by atoms with Crippen molar-refractivity contribution in [3.8, 4) is 0 Å². The highest BCUT2D eigenvalue weighted by Gasteiger charge is 2.35. The minimum atomic E-state index is -0.383. The molecule has 1 aliphatic rings. The fourth-order valence-electron chi connectivity index (χ4n) is 3.33. The summed E-state index contributed by atoms with van der Waals surface area (Å²) in [6, 6.07) is 8.53. The molecule has 0 bridgehead atoms. The fourth-order valence-corrected chi connectivity index (χ4v) is 3.33. The van der Waals surface area contributed by atoms with Crippen LogP contribution in [-0.4, -0.2) is 33.9 Å². The smallest absolute Gasteiger partial charge is 0.340 e. The van der Waals surface area contributed by atoms with Crippen molar-refractivity contribution in [2.75, 3.05) is 0 Å². The first kappa shape index (κ1) is 19.2. The van der Waals surface area contributed by atoms with Crippen LogP contribution in [0.4, 0.5) is 0 Å². The molecule has 1 N–H and O–H groups in total. The molecule has 1 aromatic carbocycles. The van der Waals surface area contributed by atoms with Crippen LogP contribution in [0.2, 0.25) is 0 Å². The second-order valence-corrected chi connectivity index (χ2v) is 7.73. The van der Waals surface area contributed by atoms with Crippen LogP contribution in [0.1, 0.15) is 69.9 Å². The summed E-state index contributed by atoms with van der Waals surface area (Å²) in [6.07, 6.45) is 1.85. The summed E-state index contributed by atoms with van der Waals surface area (Å²) in [6.45, 7) is 9.88. The monoisotopic (exact) mass is 368 g/mol. The van der Waals surface area contributed by atoms with E-state index < -0.39 is 0 Å². The van der Waals surface area contributed by atoms with Gasteiger partial charge in [-0.25, -0.2) is 4.79 Å². The van der Waals surface area contributed by atoms with Crippen LogP contribution in [0, 0.1) is 20.8 Å². The highest BCUT2D eigenvalue weighted by atomic mass is 16.5. The number of aryl methyl sites for hydroxylation is 2. The minimum Gasteiger partial charge on any atom is -0.459 e. The molecule has 1 heterocycles. The van der Waals surface area contributed by atoms with E-state index in [9.17, 15) is 9.59 Å². The molecule has 144 valence electrons. The third-order valence-electron chi connectivity index (χ3n) is 4.92. The molecule has 5 nitrogen and oxygen atoms in total. The number of H-pyrrole nitrogens is 1. The number of esters is 1. The first-order chi connectivity index (χ1) is 12.8. The van der Waals surface area contributed by atoms with Crippen molar-refractivity contribution in [1.29, 1.82) is 0 Å². The lowest BCUT2D eigenvalue weighted by molar-refractivity contribution is 0.0376. The van der Waals surface area contributed by atoms with Crippen LogP contribution >= 0.6 is 0 Å². The Kier molecular flexibility index (Phi) is 5.40. The van der Waals surface area contributed by atoms with Crippen LogP contribution in [0.5, 0.6) is 0 Å². The number of hydrogen-bond acceptors (Lipinski definition) is 3. The van der Waals surface area contributed by atoms with E-state index in [0.717, 1.165) is 18.4 Å². The summed E-state index contributed by atoms with van der Waals surface area (Å²) in [5, 5.41) is 0. The molecular weight excluding hydrogens is 340 g/mol. The van der Waals surface area contributed by atoms with Gasteiger partial charge in [0.05, 0.1) is 11.7 Å². The van der Waals surface area contributed by atoms with E-state index >= 15 is 0 Å². The van der Waals surface area contributed by atoms with Crippen molar-refractivity contribution in [3.63, 3.8) is 0 Å². The zero-order chi connectivity index (χ0) is 19.7. The summed E-state index contributed by atoms with van der Waals surface area (Å²) in [5.41, 5.74) is 4.61. The average molecular weight is 368 g/mol. The summed E-state index contributed by atoms with van der Waals surface area (Å²) in [4.78, 5) is 30.7. The molecule has 0 unspecified atom stereocenters. The summed E-state index contributed by atoms with van der Waals surface area (Å²) < 4.78 is 5.33. The van der Waals surface area contributed by atoms with Crippen LogP contribution in [0.3, 0.4) is 0 Å². The van der Waals surface area contributed by atoms with Crippen molar-refractivity contribution >= 4 is 11.9 Å². The maximum absolute atomic E-state index is 13.3. The first-order valence-electron chi connectivity index (χ1n) is 9.54.